The van der Waals surface area contributed by atoms with Crippen molar-refractivity contribution >= 4 is 0 Å². The second-order valence-electron chi connectivity index (χ2n) is 5.05. The lowest BCUT2D eigenvalue weighted by molar-refractivity contribution is 0.344. The molecule has 0 aliphatic carbocycles. The Kier molecular flexibility index (Phi) is 3.29. The molecule has 0 amide bonds. The van der Waals surface area contributed by atoms with E-state index in [1.807, 2.05) is 19.1 Å². The molecule has 1 saturated heterocycles. The topological polar surface area (TPSA) is 12.0 Å². The first-order valence-corrected chi connectivity index (χ1v) is 6.13. The first kappa shape index (κ1) is 11.6. The molecule has 2 heteroatoms. The van der Waals surface area contributed by atoms with Gasteiger partial charge in [0.05, 0.1) is 0 Å². The smallest absolute Gasteiger partial charge is 0.128 e. The summed E-state index contributed by atoms with van der Waals surface area (Å²) in [6.45, 7) is 5.13. The summed E-state index contributed by atoms with van der Waals surface area (Å²) in [4.78, 5) is 0. The van der Waals surface area contributed by atoms with Crippen molar-refractivity contribution in [3.8, 4) is 0 Å². The van der Waals surface area contributed by atoms with Gasteiger partial charge in [-0.05, 0) is 39.3 Å². The quantitative estimate of drug-likeness (QED) is 0.765. The molecular weight excluding hydrogens is 201 g/mol. The SMILES string of the molecule is Cc1ccc(F)c(C2(C)CCCCCN2)c1. The van der Waals surface area contributed by atoms with Gasteiger partial charge < -0.3 is 5.32 Å². The summed E-state index contributed by atoms with van der Waals surface area (Å²) in [5.74, 6) is -0.0810. The molecular formula is C14H20FN. The average Bonchev–Trinajstić information content (AvgIpc) is 2.48. The Morgan fingerprint density at radius 2 is 2.06 bits per heavy atom. The fourth-order valence-corrected chi connectivity index (χ4v) is 2.52. The Hall–Kier alpha value is -0.890. The third-order valence-electron chi connectivity index (χ3n) is 3.59. The van der Waals surface area contributed by atoms with E-state index in [-0.39, 0.29) is 11.4 Å². The van der Waals surface area contributed by atoms with E-state index >= 15 is 0 Å². The highest BCUT2D eigenvalue weighted by atomic mass is 19.1. The van der Waals surface area contributed by atoms with E-state index in [1.165, 1.54) is 19.3 Å². The van der Waals surface area contributed by atoms with Crippen LogP contribution in [-0.2, 0) is 5.54 Å². The highest BCUT2D eigenvalue weighted by molar-refractivity contribution is 5.30. The van der Waals surface area contributed by atoms with Gasteiger partial charge in [0, 0.05) is 11.1 Å². The maximum Gasteiger partial charge on any atom is 0.128 e. The van der Waals surface area contributed by atoms with E-state index in [0.29, 0.717) is 0 Å². The molecule has 0 aromatic heterocycles. The van der Waals surface area contributed by atoms with Crippen molar-refractivity contribution in [3.63, 3.8) is 0 Å². The summed E-state index contributed by atoms with van der Waals surface area (Å²) < 4.78 is 13.9. The van der Waals surface area contributed by atoms with Crippen LogP contribution in [0.2, 0.25) is 0 Å². The molecule has 2 rings (SSSR count). The summed E-state index contributed by atoms with van der Waals surface area (Å²) in [6, 6.07) is 5.40. The zero-order chi connectivity index (χ0) is 11.6. The van der Waals surface area contributed by atoms with Gasteiger partial charge in [-0.25, -0.2) is 4.39 Å². The Labute approximate surface area is 97.1 Å². The number of aryl methyl sites for hydroxylation is 1. The predicted molar refractivity (Wildman–Crippen MR) is 65.0 cm³/mol. The summed E-state index contributed by atoms with van der Waals surface area (Å²) in [6.07, 6.45) is 4.64. The van der Waals surface area contributed by atoms with Crippen molar-refractivity contribution in [3.05, 3.63) is 35.1 Å². The highest BCUT2D eigenvalue weighted by Gasteiger charge is 2.29. The third-order valence-corrected chi connectivity index (χ3v) is 3.59. The van der Waals surface area contributed by atoms with Gasteiger partial charge in [-0.2, -0.15) is 0 Å². The van der Waals surface area contributed by atoms with Gasteiger partial charge in [0.15, 0.2) is 0 Å². The average molecular weight is 221 g/mol. The van der Waals surface area contributed by atoms with E-state index in [9.17, 15) is 4.39 Å². The van der Waals surface area contributed by atoms with E-state index in [1.54, 1.807) is 6.07 Å². The minimum Gasteiger partial charge on any atom is -0.308 e. The molecule has 1 unspecified atom stereocenters. The normalized spacial score (nSPS) is 26.4. The standard InChI is InChI=1S/C14H20FN/c1-11-6-7-13(15)12(10-11)14(2)8-4-3-5-9-16-14/h6-7,10,16H,3-5,8-9H2,1-2H3. The Balaban J connectivity index is 2.36. The van der Waals surface area contributed by atoms with Crippen LogP contribution < -0.4 is 5.32 Å². The molecule has 16 heavy (non-hydrogen) atoms. The Bertz CT molecular complexity index is 365. The number of hydrogen-bond acceptors (Lipinski definition) is 1. The van der Waals surface area contributed by atoms with Crippen LogP contribution in [0, 0.1) is 12.7 Å². The molecule has 1 aromatic rings. The lowest BCUT2D eigenvalue weighted by atomic mass is 9.86. The Morgan fingerprint density at radius 3 is 2.88 bits per heavy atom. The zero-order valence-electron chi connectivity index (χ0n) is 10.1. The molecule has 1 aliphatic heterocycles. The molecule has 1 atom stereocenters. The van der Waals surface area contributed by atoms with Crippen LogP contribution in [0.3, 0.4) is 0 Å². The van der Waals surface area contributed by atoms with Crippen LogP contribution in [-0.4, -0.2) is 6.54 Å². The summed E-state index contributed by atoms with van der Waals surface area (Å²) in [5, 5.41) is 3.50. The fourth-order valence-electron chi connectivity index (χ4n) is 2.52. The Morgan fingerprint density at radius 1 is 1.25 bits per heavy atom. The monoisotopic (exact) mass is 221 g/mol. The van der Waals surface area contributed by atoms with Crippen LogP contribution in [0.1, 0.15) is 43.7 Å². The van der Waals surface area contributed by atoms with Crippen molar-refractivity contribution in [1.82, 2.24) is 5.32 Å². The van der Waals surface area contributed by atoms with E-state index in [0.717, 1.165) is 24.1 Å². The van der Waals surface area contributed by atoms with Gasteiger partial charge in [-0.1, -0.05) is 30.5 Å². The molecule has 1 aliphatic rings. The minimum atomic E-state index is -0.188. The maximum absolute atomic E-state index is 13.9. The van der Waals surface area contributed by atoms with Gasteiger partial charge in [0.25, 0.3) is 0 Å². The number of halogens is 1. The predicted octanol–water partition coefficient (Wildman–Crippen LogP) is 3.51. The van der Waals surface area contributed by atoms with Gasteiger partial charge in [0.2, 0.25) is 0 Å². The van der Waals surface area contributed by atoms with Crippen molar-refractivity contribution in [2.24, 2.45) is 0 Å². The third kappa shape index (κ3) is 2.27. The van der Waals surface area contributed by atoms with Crippen LogP contribution in [0.4, 0.5) is 4.39 Å². The lowest BCUT2D eigenvalue weighted by Gasteiger charge is -2.30. The van der Waals surface area contributed by atoms with Crippen molar-refractivity contribution in [1.29, 1.82) is 0 Å². The summed E-state index contributed by atoms with van der Waals surface area (Å²) in [7, 11) is 0. The number of rotatable bonds is 1. The first-order chi connectivity index (χ1) is 7.62. The highest BCUT2D eigenvalue weighted by Crippen LogP contribution is 2.31. The van der Waals surface area contributed by atoms with Gasteiger partial charge >= 0.3 is 0 Å². The molecule has 0 spiro atoms. The van der Waals surface area contributed by atoms with E-state index in [2.05, 4.69) is 12.2 Å². The molecule has 1 heterocycles. The molecule has 88 valence electrons. The second kappa shape index (κ2) is 4.54. The van der Waals surface area contributed by atoms with Gasteiger partial charge in [0.1, 0.15) is 5.82 Å². The van der Waals surface area contributed by atoms with E-state index < -0.39 is 0 Å². The minimum absolute atomic E-state index is 0.0810. The van der Waals surface area contributed by atoms with Gasteiger partial charge in [-0.15, -0.1) is 0 Å². The fraction of sp³-hybridized carbons (Fsp3) is 0.571. The molecule has 1 fully saturated rings. The zero-order valence-corrected chi connectivity index (χ0v) is 10.1. The van der Waals surface area contributed by atoms with Crippen LogP contribution >= 0.6 is 0 Å². The largest absolute Gasteiger partial charge is 0.308 e. The van der Waals surface area contributed by atoms with Gasteiger partial charge in [-0.3, -0.25) is 0 Å². The van der Waals surface area contributed by atoms with Crippen LogP contribution in [0.25, 0.3) is 0 Å². The van der Waals surface area contributed by atoms with E-state index in [4.69, 9.17) is 0 Å². The molecule has 1 nitrogen and oxygen atoms in total. The lowest BCUT2D eigenvalue weighted by Crippen LogP contribution is -2.39. The molecule has 1 N–H and O–H groups in total. The molecule has 1 aromatic carbocycles. The molecule has 0 bridgehead atoms. The van der Waals surface area contributed by atoms with Crippen LogP contribution in [0.15, 0.2) is 18.2 Å². The summed E-state index contributed by atoms with van der Waals surface area (Å²) >= 11 is 0. The van der Waals surface area contributed by atoms with Crippen molar-refractivity contribution in [2.75, 3.05) is 6.54 Å². The maximum atomic E-state index is 13.9. The number of nitrogens with one attached hydrogen (secondary N) is 1. The molecule has 0 radical (unpaired) electrons. The van der Waals surface area contributed by atoms with Crippen LogP contribution in [0.5, 0.6) is 0 Å². The second-order valence-corrected chi connectivity index (χ2v) is 5.05. The summed E-state index contributed by atoms with van der Waals surface area (Å²) in [5.41, 5.74) is 1.77. The van der Waals surface area contributed by atoms with Crippen molar-refractivity contribution < 1.29 is 4.39 Å². The molecule has 0 saturated carbocycles. The van der Waals surface area contributed by atoms with Crippen molar-refractivity contribution in [2.45, 2.75) is 45.1 Å². The number of benzene rings is 1. The first-order valence-electron chi connectivity index (χ1n) is 6.13. The number of hydrogen-bond donors (Lipinski definition) is 1.